The predicted octanol–water partition coefficient (Wildman–Crippen LogP) is 0.968. The Morgan fingerprint density at radius 1 is 1.38 bits per heavy atom. The zero-order chi connectivity index (χ0) is 11.7. The van der Waals surface area contributed by atoms with E-state index in [1.807, 2.05) is 0 Å². The number of carboxylic acid groups (broad SMARTS) is 1. The first-order chi connectivity index (χ1) is 7.61. The van der Waals surface area contributed by atoms with Crippen LogP contribution in [0.5, 0.6) is 0 Å². The standard InChI is InChI=1S/C11H12N2O3/c1-12-10(14)6-7-13(12)9-5-3-2-4-8(9)11(15)16/h2-5H,6-7H2,1H3,(H,15,16). The van der Waals surface area contributed by atoms with Gasteiger partial charge in [-0.25, -0.2) is 4.79 Å². The molecule has 16 heavy (non-hydrogen) atoms. The number of amides is 1. The van der Waals surface area contributed by atoms with Gasteiger partial charge in [-0.2, -0.15) is 0 Å². The summed E-state index contributed by atoms with van der Waals surface area (Å²) in [5.74, 6) is -0.983. The summed E-state index contributed by atoms with van der Waals surface area (Å²) in [6, 6.07) is 6.68. The number of carboxylic acids is 1. The van der Waals surface area contributed by atoms with Crippen molar-refractivity contribution in [3.05, 3.63) is 29.8 Å². The quantitative estimate of drug-likeness (QED) is 0.806. The number of anilines is 1. The van der Waals surface area contributed by atoms with Crippen LogP contribution in [0.1, 0.15) is 16.8 Å². The van der Waals surface area contributed by atoms with Crippen molar-refractivity contribution >= 4 is 17.6 Å². The number of hydrogen-bond donors (Lipinski definition) is 1. The van der Waals surface area contributed by atoms with E-state index in [0.717, 1.165) is 0 Å². The van der Waals surface area contributed by atoms with E-state index >= 15 is 0 Å². The summed E-state index contributed by atoms with van der Waals surface area (Å²) in [7, 11) is 1.65. The molecule has 0 bridgehead atoms. The molecule has 1 heterocycles. The van der Waals surface area contributed by atoms with Crippen molar-refractivity contribution in [2.24, 2.45) is 0 Å². The van der Waals surface area contributed by atoms with Gasteiger partial charge in [0.05, 0.1) is 11.3 Å². The third-order valence-electron chi connectivity index (χ3n) is 2.67. The van der Waals surface area contributed by atoms with Gasteiger partial charge in [-0.05, 0) is 12.1 Å². The topological polar surface area (TPSA) is 60.9 Å². The van der Waals surface area contributed by atoms with Crippen LogP contribution in [0.2, 0.25) is 0 Å². The van der Waals surface area contributed by atoms with E-state index in [0.29, 0.717) is 18.7 Å². The van der Waals surface area contributed by atoms with Crippen LogP contribution >= 0.6 is 0 Å². The predicted molar refractivity (Wildman–Crippen MR) is 58.1 cm³/mol. The third-order valence-corrected chi connectivity index (χ3v) is 2.67. The van der Waals surface area contributed by atoms with Crippen LogP contribution in [-0.2, 0) is 4.79 Å². The smallest absolute Gasteiger partial charge is 0.337 e. The lowest BCUT2D eigenvalue weighted by atomic mass is 10.2. The van der Waals surface area contributed by atoms with Crippen molar-refractivity contribution in [3.63, 3.8) is 0 Å². The first kappa shape index (κ1) is 10.5. The molecule has 0 aromatic heterocycles. The Bertz CT molecular complexity index is 445. The molecule has 1 fully saturated rings. The average molecular weight is 220 g/mol. The molecule has 0 atom stereocenters. The lowest BCUT2D eigenvalue weighted by Crippen LogP contribution is -2.36. The van der Waals surface area contributed by atoms with Gasteiger partial charge in [0.25, 0.3) is 0 Å². The van der Waals surface area contributed by atoms with Crippen molar-refractivity contribution < 1.29 is 14.7 Å². The molecule has 1 N–H and O–H groups in total. The maximum Gasteiger partial charge on any atom is 0.337 e. The molecule has 1 amide bonds. The van der Waals surface area contributed by atoms with Crippen molar-refractivity contribution in [1.29, 1.82) is 0 Å². The first-order valence-electron chi connectivity index (χ1n) is 4.97. The van der Waals surface area contributed by atoms with Crippen LogP contribution in [0.4, 0.5) is 5.69 Å². The number of hydrogen-bond acceptors (Lipinski definition) is 3. The second kappa shape index (κ2) is 3.84. The Labute approximate surface area is 92.9 Å². The Hall–Kier alpha value is -2.04. The van der Waals surface area contributed by atoms with E-state index in [9.17, 15) is 9.59 Å². The lowest BCUT2D eigenvalue weighted by Gasteiger charge is -2.27. The first-order valence-corrected chi connectivity index (χ1v) is 4.97. The van der Waals surface area contributed by atoms with Crippen LogP contribution in [-0.4, -0.2) is 35.6 Å². The molecule has 0 radical (unpaired) electrons. The fraction of sp³-hybridized carbons (Fsp3) is 0.273. The van der Waals surface area contributed by atoms with E-state index in [4.69, 9.17) is 5.11 Å². The largest absolute Gasteiger partial charge is 0.478 e. The highest BCUT2D eigenvalue weighted by atomic mass is 16.4. The summed E-state index contributed by atoms with van der Waals surface area (Å²) in [6.07, 6.45) is 0.421. The number of benzene rings is 1. The summed E-state index contributed by atoms with van der Waals surface area (Å²) in [5.41, 5.74) is 0.771. The van der Waals surface area contributed by atoms with E-state index in [1.165, 1.54) is 11.1 Å². The fourth-order valence-electron chi connectivity index (χ4n) is 1.81. The van der Waals surface area contributed by atoms with Gasteiger partial charge in [0.15, 0.2) is 0 Å². The monoisotopic (exact) mass is 220 g/mol. The molecule has 84 valence electrons. The zero-order valence-corrected chi connectivity index (χ0v) is 8.88. The van der Waals surface area contributed by atoms with Gasteiger partial charge < -0.3 is 5.11 Å². The van der Waals surface area contributed by atoms with Gasteiger partial charge in [-0.1, -0.05) is 12.1 Å². The van der Waals surface area contributed by atoms with E-state index in [2.05, 4.69) is 0 Å². The number of hydrazine groups is 1. The number of aromatic carboxylic acids is 1. The van der Waals surface area contributed by atoms with Gasteiger partial charge in [-0.3, -0.25) is 14.8 Å². The minimum Gasteiger partial charge on any atom is -0.478 e. The highest BCUT2D eigenvalue weighted by Gasteiger charge is 2.28. The summed E-state index contributed by atoms with van der Waals surface area (Å²) in [5, 5.41) is 12.2. The van der Waals surface area contributed by atoms with Gasteiger partial charge >= 0.3 is 5.97 Å². The Balaban J connectivity index is 2.41. The molecule has 5 heteroatoms. The normalized spacial score (nSPS) is 15.7. The maximum atomic E-state index is 11.4. The molecule has 1 aliphatic rings. The SMILES string of the molecule is CN1C(=O)CCN1c1ccccc1C(=O)O. The lowest BCUT2D eigenvalue weighted by molar-refractivity contribution is -0.126. The van der Waals surface area contributed by atoms with E-state index in [1.54, 1.807) is 30.3 Å². The van der Waals surface area contributed by atoms with Gasteiger partial charge in [0.2, 0.25) is 5.91 Å². The summed E-state index contributed by atoms with van der Waals surface area (Å²) < 4.78 is 0. The molecular formula is C11H12N2O3. The fourth-order valence-corrected chi connectivity index (χ4v) is 1.81. The molecule has 5 nitrogen and oxygen atoms in total. The third kappa shape index (κ3) is 1.60. The molecule has 1 aromatic carbocycles. The van der Waals surface area contributed by atoms with Crippen LogP contribution < -0.4 is 5.01 Å². The van der Waals surface area contributed by atoms with Gasteiger partial charge in [0.1, 0.15) is 0 Å². The van der Waals surface area contributed by atoms with Gasteiger partial charge in [-0.15, -0.1) is 0 Å². The number of carbonyl (C=O) groups is 2. The summed E-state index contributed by atoms with van der Waals surface area (Å²) in [4.78, 5) is 22.4. The summed E-state index contributed by atoms with van der Waals surface area (Å²) >= 11 is 0. The number of rotatable bonds is 2. The number of para-hydroxylation sites is 1. The minimum absolute atomic E-state index is 0.000178. The molecule has 1 aromatic rings. The van der Waals surface area contributed by atoms with E-state index in [-0.39, 0.29) is 11.5 Å². The molecule has 1 aliphatic heterocycles. The molecule has 0 spiro atoms. The van der Waals surface area contributed by atoms with Crippen LogP contribution in [0, 0.1) is 0 Å². The molecule has 2 rings (SSSR count). The highest BCUT2D eigenvalue weighted by Crippen LogP contribution is 2.25. The number of nitrogens with zero attached hydrogens (tertiary/aromatic N) is 2. The maximum absolute atomic E-state index is 11.4. The molecule has 0 saturated carbocycles. The van der Waals surface area contributed by atoms with Crippen molar-refractivity contribution in [2.45, 2.75) is 6.42 Å². The average Bonchev–Trinajstić information content (AvgIpc) is 2.60. The Morgan fingerprint density at radius 3 is 2.62 bits per heavy atom. The Kier molecular flexibility index (Phi) is 2.52. The zero-order valence-electron chi connectivity index (χ0n) is 8.88. The summed E-state index contributed by atoms with van der Waals surface area (Å²) in [6.45, 7) is 0.527. The second-order valence-corrected chi connectivity index (χ2v) is 3.61. The molecular weight excluding hydrogens is 208 g/mol. The highest BCUT2D eigenvalue weighted by molar-refractivity contribution is 5.95. The van der Waals surface area contributed by atoms with Crippen LogP contribution in [0.25, 0.3) is 0 Å². The Morgan fingerprint density at radius 2 is 2.06 bits per heavy atom. The van der Waals surface area contributed by atoms with Crippen molar-refractivity contribution in [2.75, 3.05) is 18.6 Å². The molecule has 1 saturated heterocycles. The number of carbonyl (C=O) groups excluding carboxylic acids is 1. The molecule has 0 unspecified atom stereocenters. The van der Waals surface area contributed by atoms with Crippen molar-refractivity contribution in [3.8, 4) is 0 Å². The molecule has 0 aliphatic carbocycles. The minimum atomic E-state index is -0.983. The van der Waals surface area contributed by atoms with Crippen LogP contribution in [0.3, 0.4) is 0 Å². The van der Waals surface area contributed by atoms with E-state index < -0.39 is 5.97 Å². The van der Waals surface area contributed by atoms with Crippen molar-refractivity contribution in [1.82, 2.24) is 5.01 Å². The van der Waals surface area contributed by atoms with Gasteiger partial charge in [0, 0.05) is 20.0 Å². The second-order valence-electron chi connectivity index (χ2n) is 3.61. The van der Waals surface area contributed by atoms with Crippen LogP contribution in [0.15, 0.2) is 24.3 Å².